The zero-order valence-electron chi connectivity index (χ0n) is 10.1. The minimum Gasteiger partial charge on any atom is -0.385 e. The Labute approximate surface area is 109 Å². The predicted octanol–water partition coefficient (Wildman–Crippen LogP) is 2.23. The number of amidine groups is 1. The molecule has 1 atom stereocenters. The van der Waals surface area contributed by atoms with Crippen LogP contribution in [0.15, 0.2) is 16.4 Å². The molecule has 0 bridgehead atoms. The zero-order valence-corrected chi connectivity index (χ0v) is 10.9. The first-order chi connectivity index (χ1) is 8.73. The topological polar surface area (TPSA) is 58.7 Å². The van der Waals surface area contributed by atoms with Crippen LogP contribution in [0.25, 0.3) is 0 Å². The van der Waals surface area contributed by atoms with Crippen molar-refractivity contribution in [2.45, 2.75) is 43.7 Å². The molecule has 2 aliphatic carbocycles. The van der Waals surface area contributed by atoms with Crippen LogP contribution < -0.4 is 5.73 Å². The first kappa shape index (κ1) is 10.6. The van der Waals surface area contributed by atoms with Crippen LogP contribution in [-0.2, 0) is 12.0 Å². The summed E-state index contributed by atoms with van der Waals surface area (Å²) in [5, 5.41) is 2.11. The largest absolute Gasteiger partial charge is 0.385 e. The molecule has 1 aromatic rings. The van der Waals surface area contributed by atoms with Crippen molar-refractivity contribution >= 4 is 23.2 Å². The average molecular weight is 261 g/mol. The van der Waals surface area contributed by atoms with E-state index in [9.17, 15) is 4.79 Å². The van der Waals surface area contributed by atoms with Gasteiger partial charge in [-0.25, -0.2) is 4.79 Å². The molecule has 2 N–H and O–H groups in total. The van der Waals surface area contributed by atoms with Crippen molar-refractivity contribution in [3.05, 3.63) is 21.9 Å². The van der Waals surface area contributed by atoms with Crippen LogP contribution in [0.1, 0.15) is 36.1 Å². The fourth-order valence-corrected chi connectivity index (χ4v) is 4.39. The van der Waals surface area contributed by atoms with Gasteiger partial charge < -0.3 is 10.6 Å². The number of rotatable bonds is 1. The van der Waals surface area contributed by atoms with Gasteiger partial charge in [-0.1, -0.05) is 0 Å². The van der Waals surface area contributed by atoms with Crippen molar-refractivity contribution in [3.8, 4) is 0 Å². The number of thiophene rings is 1. The number of nitrogens with zero attached hydrogens (tertiary/aromatic N) is 2. The van der Waals surface area contributed by atoms with Gasteiger partial charge in [0.1, 0.15) is 11.4 Å². The summed E-state index contributed by atoms with van der Waals surface area (Å²) in [5.74, 6) is 0.513. The van der Waals surface area contributed by atoms with E-state index in [0.717, 1.165) is 32.1 Å². The van der Waals surface area contributed by atoms with Crippen molar-refractivity contribution in [3.63, 3.8) is 0 Å². The number of fused-ring (bicyclic) bond motifs is 2. The number of aliphatic imine (C=N–C) groups is 1. The Balaban J connectivity index is 1.92. The first-order valence-electron chi connectivity index (χ1n) is 6.48. The lowest BCUT2D eigenvalue weighted by Crippen LogP contribution is -2.53. The standard InChI is InChI=1S/C13H15N3OS/c14-11-13(16(8-3-4-8)12(17)15-11)6-1-2-10-9(13)5-7-18-10/h5,7-8H,1-4,6H2,(H2,14,15,17). The first-order valence-corrected chi connectivity index (χ1v) is 7.36. The highest BCUT2D eigenvalue weighted by atomic mass is 32.1. The second-order valence-corrected chi connectivity index (χ2v) is 6.35. The van der Waals surface area contributed by atoms with Crippen molar-refractivity contribution in [1.29, 1.82) is 0 Å². The van der Waals surface area contributed by atoms with Gasteiger partial charge in [-0.05, 0) is 49.1 Å². The monoisotopic (exact) mass is 261 g/mol. The summed E-state index contributed by atoms with van der Waals surface area (Å²) in [7, 11) is 0. The number of carbonyl (C=O) groups is 1. The number of nitrogens with two attached hydrogens (primary N) is 1. The molecule has 4 rings (SSSR count). The summed E-state index contributed by atoms with van der Waals surface area (Å²) in [4.78, 5) is 19.5. The van der Waals surface area contributed by atoms with Crippen LogP contribution in [0.3, 0.4) is 0 Å². The lowest BCUT2D eigenvalue weighted by molar-refractivity contribution is 0.153. The highest BCUT2D eigenvalue weighted by Gasteiger charge is 2.56. The van der Waals surface area contributed by atoms with Crippen LogP contribution in [-0.4, -0.2) is 22.8 Å². The van der Waals surface area contributed by atoms with Crippen molar-refractivity contribution in [1.82, 2.24) is 4.90 Å². The van der Waals surface area contributed by atoms with Gasteiger partial charge in [0.25, 0.3) is 0 Å². The van der Waals surface area contributed by atoms with E-state index in [0.29, 0.717) is 11.9 Å². The van der Waals surface area contributed by atoms with E-state index in [1.807, 2.05) is 4.90 Å². The van der Waals surface area contributed by atoms with Crippen molar-refractivity contribution in [2.75, 3.05) is 0 Å². The van der Waals surface area contributed by atoms with Gasteiger partial charge in [0.2, 0.25) is 0 Å². The summed E-state index contributed by atoms with van der Waals surface area (Å²) in [6, 6.07) is 2.36. The second kappa shape index (κ2) is 3.35. The molecular weight excluding hydrogens is 246 g/mol. The number of carbonyl (C=O) groups excluding carboxylic acids is 1. The minimum absolute atomic E-state index is 0.131. The Morgan fingerprint density at radius 3 is 3.11 bits per heavy atom. The molecule has 2 amide bonds. The van der Waals surface area contributed by atoms with Crippen LogP contribution in [0.4, 0.5) is 4.79 Å². The smallest absolute Gasteiger partial charge is 0.346 e. The highest BCUT2D eigenvalue weighted by molar-refractivity contribution is 7.10. The van der Waals surface area contributed by atoms with Gasteiger partial charge >= 0.3 is 6.03 Å². The number of hydrogen-bond donors (Lipinski definition) is 1. The van der Waals surface area contributed by atoms with Crippen molar-refractivity contribution < 1.29 is 4.79 Å². The molecule has 4 nitrogen and oxygen atoms in total. The van der Waals surface area contributed by atoms with E-state index in [2.05, 4.69) is 16.4 Å². The molecule has 1 fully saturated rings. The van der Waals surface area contributed by atoms with Crippen LogP contribution in [0.2, 0.25) is 0 Å². The molecular formula is C13H15N3OS. The molecule has 0 saturated heterocycles. The molecule has 1 aliphatic heterocycles. The summed E-state index contributed by atoms with van der Waals surface area (Å²) < 4.78 is 0. The molecule has 5 heteroatoms. The third-order valence-electron chi connectivity index (χ3n) is 4.30. The Morgan fingerprint density at radius 1 is 1.50 bits per heavy atom. The molecule has 18 heavy (non-hydrogen) atoms. The van der Waals surface area contributed by atoms with Crippen molar-refractivity contribution in [2.24, 2.45) is 10.7 Å². The SMILES string of the molecule is NC1=NC(=O)N(C2CC2)C12CCCc1sccc12. The maximum atomic E-state index is 12.1. The van der Waals surface area contributed by atoms with Crippen LogP contribution in [0.5, 0.6) is 0 Å². The lowest BCUT2D eigenvalue weighted by atomic mass is 9.78. The third kappa shape index (κ3) is 1.15. The molecule has 1 spiro atoms. The molecule has 0 aromatic carbocycles. The zero-order chi connectivity index (χ0) is 12.3. The van der Waals surface area contributed by atoms with E-state index in [1.165, 1.54) is 10.4 Å². The van der Waals surface area contributed by atoms with Gasteiger partial charge in [0.05, 0.1) is 0 Å². The fraction of sp³-hybridized carbons (Fsp3) is 0.538. The number of amides is 2. The molecule has 1 aromatic heterocycles. The maximum absolute atomic E-state index is 12.1. The van der Waals surface area contributed by atoms with Crippen LogP contribution in [0, 0.1) is 0 Å². The fourth-order valence-electron chi connectivity index (χ4n) is 3.40. The predicted molar refractivity (Wildman–Crippen MR) is 70.8 cm³/mol. The van der Waals surface area contributed by atoms with E-state index in [4.69, 9.17) is 5.73 Å². The van der Waals surface area contributed by atoms with E-state index >= 15 is 0 Å². The molecule has 94 valence electrons. The summed E-state index contributed by atoms with van der Waals surface area (Å²) >= 11 is 1.78. The number of hydrogen-bond acceptors (Lipinski definition) is 3. The molecule has 3 aliphatic rings. The molecule has 0 radical (unpaired) electrons. The van der Waals surface area contributed by atoms with Gasteiger partial charge in [-0.2, -0.15) is 4.99 Å². The summed E-state index contributed by atoms with van der Waals surface area (Å²) in [6.07, 6.45) is 5.30. The van der Waals surface area contributed by atoms with Gasteiger partial charge in [-0.15, -0.1) is 11.3 Å². The average Bonchev–Trinajstić information content (AvgIpc) is 2.99. The summed E-state index contributed by atoms with van der Waals surface area (Å²) in [6.45, 7) is 0. The number of urea groups is 1. The lowest BCUT2D eigenvalue weighted by Gasteiger charge is -2.41. The number of aryl methyl sites for hydroxylation is 1. The highest BCUT2D eigenvalue weighted by Crippen LogP contribution is 2.49. The summed E-state index contributed by atoms with van der Waals surface area (Å²) in [5.41, 5.74) is 6.98. The van der Waals surface area contributed by atoms with Gasteiger partial charge in [0, 0.05) is 10.9 Å². The Hall–Kier alpha value is -1.36. The minimum atomic E-state index is -0.411. The third-order valence-corrected chi connectivity index (χ3v) is 5.28. The quantitative estimate of drug-likeness (QED) is 0.842. The second-order valence-electron chi connectivity index (χ2n) is 5.35. The maximum Gasteiger partial charge on any atom is 0.346 e. The molecule has 2 heterocycles. The Morgan fingerprint density at radius 2 is 2.33 bits per heavy atom. The van der Waals surface area contributed by atoms with E-state index < -0.39 is 5.54 Å². The van der Waals surface area contributed by atoms with E-state index in [-0.39, 0.29) is 6.03 Å². The molecule has 1 unspecified atom stereocenters. The van der Waals surface area contributed by atoms with E-state index in [1.54, 1.807) is 11.3 Å². The van der Waals surface area contributed by atoms with Gasteiger partial charge in [-0.3, -0.25) is 0 Å². The Kier molecular flexibility index (Phi) is 1.96. The van der Waals surface area contributed by atoms with Crippen LogP contribution >= 0.6 is 11.3 Å². The Bertz CT molecular complexity index is 560. The molecule has 1 saturated carbocycles. The normalized spacial score (nSPS) is 30.8. The van der Waals surface area contributed by atoms with Gasteiger partial charge in [0.15, 0.2) is 0 Å².